The molecule has 5 aliphatic rings. The van der Waals surface area contributed by atoms with Crippen molar-refractivity contribution in [3.8, 4) is 11.5 Å². The van der Waals surface area contributed by atoms with Crippen molar-refractivity contribution in [2.75, 3.05) is 12.4 Å². The van der Waals surface area contributed by atoms with Gasteiger partial charge in [0.25, 0.3) is 0 Å². The van der Waals surface area contributed by atoms with Gasteiger partial charge in [-0.05, 0) is 51.2 Å². The number of amides is 2. The summed E-state index contributed by atoms with van der Waals surface area (Å²) in [6.45, 7) is 5.33. The summed E-state index contributed by atoms with van der Waals surface area (Å²) < 4.78 is 18.0. The van der Waals surface area contributed by atoms with E-state index < -0.39 is 42.3 Å². The van der Waals surface area contributed by atoms with Crippen molar-refractivity contribution in [3.05, 3.63) is 53.1 Å². The summed E-state index contributed by atoms with van der Waals surface area (Å²) in [5, 5.41) is 28.4. The number of carbonyl (C=O) groups excluding carboxylic acids is 3. The zero-order valence-corrected chi connectivity index (χ0v) is 27.3. The Morgan fingerprint density at radius 1 is 1.15 bits per heavy atom. The third-order valence-corrected chi connectivity index (χ3v) is 9.97. The topological polar surface area (TPSA) is 143 Å². The predicted molar refractivity (Wildman–Crippen MR) is 174 cm³/mol. The molecule has 1 aromatic rings. The van der Waals surface area contributed by atoms with Crippen LogP contribution in [0.2, 0.25) is 0 Å². The number of hydrogen-bond acceptors (Lipinski definition) is 8. The first-order chi connectivity index (χ1) is 22.1. The van der Waals surface area contributed by atoms with Crippen LogP contribution in [0.5, 0.6) is 11.5 Å². The van der Waals surface area contributed by atoms with E-state index in [2.05, 4.69) is 10.6 Å². The van der Waals surface area contributed by atoms with Gasteiger partial charge in [-0.3, -0.25) is 9.59 Å². The normalized spacial score (nSPS) is 31.7. The van der Waals surface area contributed by atoms with Crippen LogP contribution in [-0.4, -0.2) is 65.6 Å². The highest BCUT2D eigenvalue weighted by Gasteiger charge is 2.44. The number of nitrogens with one attached hydrogen (secondary N) is 2. The van der Waals surface area contributed by atoms with E-state index >= 15 is 0 Å². The molecule has 6 rings (SSSR count). The molecule has 1 fully saturated rings. The number of aliphatic hydroxyl groups excluding tert-OH is 1. The molecule has 4 N–H and O–H groups in total. The van der Waals surface area contributed by atoms with Crippen molar-refractivity contribution in [3.63, 3.8) is 0 Å². The number of phenols is 1. The molecule has 0 unspecified atom stereocenters. The number of anilines is 1. The smallest absolute Gasteiger partial charge is 0.328 e. The van der Waals surface area contributed by atoms with E-state index in [0.717, 1.165) is 32.1 Å². The van der Waals surface area contributed by atoms with Crippen LogP contribution in [0.25, 0.3) is 0 Å². The van der Waals surface area contributed by atoms with Crippen LogP contribution < -0.4 is 15.4 Å². The highest BCUT2D eigenvalue weighted by molar-refractivity contribution is 5.95. The van der Waals surface area contributed by atoms with Crippen molar-refractivity contribution in [2.24, 2.45) is 11.8 Å². The van der Waals surface area contributed by atoms with Crippen LogP contribution in [0, 0.1) is 11.8 Å². The molecule has 0 spiro atoms. The van der Waals surface area contributed by atoms with Crippen LogP contribution in [0.1, 0.15) is 89.2 Å². The van der Waals surface area contributed by atoms with Gasteiger partial charge in [0.2, 0.25) is 11.8 Å². The number of allylic oxidation sites excluding steroid dienone is 3. The van der Waals surface area contributed by atoms with Crippen molar-refractivity contribution >= 4 is 23.5 Å². The van der Waals surface area contributed by atoms with Crippen LogP contribution in [-0.2, 0) is 30.3 Å². The summed E-state index contributed by atoms with van der Waals surface area (Å²) in [5.41, 5.74) is 2.41. The summed E-state index contributed by atoms with van der Waals surface area (Å²) in [5.74, 6) is -1.08. The highest BCUT2D eigenvalue weighted by Crippen LogP contribution is 2.51. The van der Waals surface area contributed by atoms with E-state index in [0.29, 0.717) is 47.4 Å². The molecule has 0 aromatic heterocycles. The minimum absolute atomic E-state index is 0.0159. The number of phenolic OH excluding ortho intramolecular Hbond substituents is 1. The minimum Gasteiger partial charge on any atom is -0.505 e. The first-order valence-corrected chi connectivity index (χ1v) is 16.7. The van der Waals surface area contributed by atoms with E-state index in [1.165, 1.54) is 0 Å². The number of hydrogen-bond donors (Lipinski definition) is 4. The average Bonchev–Trinajstić information content (AvgIpc) is 3.42. The second kappa shape index (κ2) is 14.9. The fourth-order valence-corrected chi connectivity index (χ4v) is 7.11. The van der Waals surface area contributed by atoms with Gasteiger partial charge in [0.15, 0.2) is 0 Å². The zero-order chi connectivity index (χ0) is 33.0. The Morgan fingerprint density at radius 2 is 1.91 bits per heavy atom. The SMILES string of the molecule is CO[C@@H]1CC(=O)Nc2c(O)c3cc4c2[C@H](/C=C/C=C/C[C@H](OC(=O)[C@@H](C)NC(=O)C2CCCCC2)[C@H](C)[C@@H](O)/C(C)=C\CC3)[C@H]1O4. The maximum absolute atomic E-state index is 13.2. The van der Waals surface area contributed by atoms with E-state index in [9.17, 15) is 24.6 Å². The second-order valence-corrected chi connectivity index (χ2v) is 13.2. The van der Waals surface area contributed by atoms with Crippen LogP contribution in [0.3, 0.4) is 0 Å². The van der Waals surface area contributed by atoms with Crippen LogP contribution in [0.15, 0.2) is 42.0 Å². The van der Waals surface area contributed by atoms with E-state index in [1.807, 2.05) is 50.3 Å². The number of aromatic hydroxyl groups is 1. The Bertz CT molecular complexity index is 1390. The summed E-state index contributed by atoms with van der Waals surface area (Å²) in [7, 11) is 1.56. The molecule has 0 saturated heterocycles. The van der Waals surface area contributed by atoms with Gasteiger partial charge in [0, 0.05) is 42.4 Å². The Morgan fingerprint density at radius 3 is 2.65 bits per heavy atom. The van der Waals surface area contributed by atoms with Gasteiger partial charge in [-0.15, -0.1) is 0 Å². The lowest BCUT2D eigenvalue weighted by Crippen LogP contribution is -2.45. The van der Waals surface area contributed by atoms with Gasteiger partial charge >= 0.3 is 5.97 Å². The third-order valence-electron chi connectivity index (χ3n) is 9.97. The first-order valence-electron chi connectivity index (χ1n) is 16.7. The Balaban J connectivity index is 1.40. The summed E-state index contributed by atoms with van der Waals surface area (Å²) in [4.78, 5) is 38.8. The third kappa shape index (κ3) is 7.33. The molecule has 1 saturated carbocycles. The fourth-order valence-electron chi connectivity index (χ4n) is 7.11. The number of methoxy groups -OCH3 is 1. The van der Waals surface area contributed by atoms with Crippen molar-refractivity contribution in [1.82, 2.24) is 5.32 Å². The number of ether oxygens (including phenoxy) is 3. The maximum Gasteiger partial charge on any atom is 0.328 e. The Kier molecular flexibility index (Phi) is 10.9. The average molecular weight is 637 g/mol. The largest absolute Gasteiger partial charge is 0.505 e. The fraction of sp³-hybridized carbons (Fsp3) is 0.583. The lowest BCUT2D eigenvalue weighted by molar-refractivity contribution is -0.156. The summed E-state index contributed by atoms with van der Waals surface area (Å²) in [6, 6.07) is 1.02. The van der Waals surface area contributed by atoms with E-state index in [4.69, 9.17) is 14.2 Å². The van der Waals surface area contributed by atoms with E-state index in [-0.39, 0.29) is 35.8 Å². The number of benzene rings is 1. The number of aryl methyl sites for hydroxylation is 1. The molecule has 0 radical (unpaired) electrons. The number of carbonyl (C=O) groups is 3. The molecule has 1 aromatic carbocycles. The van der Waals surface area contributed by atoms with Gasteiger partial charge < -0.3 is 35.1 Å². The lowest BCUT2D eigenvalue weighted by Gasteiger charge is -2.29. The van der Waals surface area contributed by atoms with Gasteiger partial charge in [-0.2, -0.15) is 0 Å². The molecule has 7 atom stereocenters. The molecule has 2 amide bonds. The van der Waals surface area contributed by atoms with Crippen molar-refractivity contribution in [2.45, 2.75) is 115 Å². The first kappa shape index (κ1) is 33.7. The van der Waals surface area contributed by atoms with Gasteiger partial charge in [-0.1, -0.05) is 56.6 Å². The van der Waals surface area contributed by atoms with Gasteiger partial charge in [-0.25, -0.2) is 4.79 Å². The van der Waals surface area contributed by atoms with Crippen LogP contribution >= 0.6 is 0 Å². The molecule has 2 heterocycles. The Hall–Kier alpha value is -3.63. The molecule has 6 bridgehead atoms. The molecule has 46 heavy (non-hydrogen) atoms. The number of fused-ring (bicyclic) bond motifs is 8. The predicted octanol–water partition coefficient (Wildman–Crippen LogP) is 4.98. The Labute approximate surface area is 271 Å². The molecular weight excluding hydrogens is 588 g/mol. The van der Waals surface area contributed by atoms with Crippen molar-refractivity contribution < 1.29 is 38.8 Å². The standard InChI is InChI=1S/C36H48N2O8/c1-20-12-11-15-24-18-27-30-25(34(45-27)28(44-4)19-29(39)38-31(30)33(24)41)16-9-6-10-17-26(21(2)32(20)40)46-36(43)22(3)37-35(42)23-13-7-5-8-14-23/h6,9-10,12,16,18,21-23,25-26,28,32,34,40-41H,5,7-8,11,13-15,17,19H2,1-4H3,(H,37,42)(H,38,39)/b10-6+,16-9+,20-12-/t21-,22+,25-,26-,28+,32-,34+/m0/s1. The minimum atomic E-state index is -0.890. The second-order valence-electron chi connectivity index (χ2n) is 13.2. The molecular formula is C36H48N2O8. The number of rotatable bonds is 5. The quantitative estimate of drug-likeness (QED) is 0.201. The van der Waals surface area contributed by atoms with Crippen molar-refractivity contribution in [1.29, 1.82) is 0 Å². The summed E-state index contributed by atoms with van der Waals surface area (Å²) >= 11 is 0. The zero-order valence-electron chi connectivity index (χ0n) is 27.3. The maximum atomic E-state index is 13.2. The molecule has 250 valence electrons. The van der Waals surface area contributed by atoms with Gasteiger partial charge in [0.05, 0.1) is 18.2 Å². The lowest BCUT2D eigenvalue weighted by atomic mass is 9.86. The molecule has 3 aliphatic carbocycles. The molecule has 10 nitrogen and oxygen atoms in total. The van der Waals surface area contributed by atoms with Gasteiger partial charge in [0.1, 0.15) is 35.9 Å². The number of aliphatic hydroxyl groups is 1. The van der Waals surface area contributed by atoms with E-state index in [1.54, 1.807) is 14.0 Å². The monoisotopic (exact) mass is 636 g/mol. The summed E-state index contributed by atoms with van der Waals surface area (Å²) in [6.07, 6.45) is 13.2. The molecule has 10 heteroatoms. The highest BCUT2D eigenvalue weighted by atomic mass is 16.5. The van der Waals surface area contributed by atoms with Crippen LogP contribution in [0.4, 0.5) is 5.69 Å². The number of esters is 1. The molecule has 2 aliphatic heterocycles.